The summed E-state index contributed by atoms with van der Waals surface area (Å²) in [5, 5.41) is 15.6. The topological polar surface area (TPSA) is 166 Å². The van der Waals surface area contributed by atoms with Crippen LogP contribution in [0, 0.1) is 17.8 Å². The van der Waals surface area contributed by atoms with E-state index in [1.165, 1.54) is 57.7 Å². The van der Waals surface area contributed by atoms with Crippen molar-refractivity contribution < 1.29 is 51.7 Å². The first kappa shape index (κ1) is 102. The predicted octanol–water partition coefficient (Wildman–Crippen LogP) is -3.20. The van der Waals surface area contributed by atoms with Gasteiger partial charge in [0.05, 0.1) is 28.9 Å². The largest absolute Gasteiger partial charge is 0.466 e. The summed E-state index contributed by atoms with van der Waals surface area (Å²) in [6.07, 6.45) is 18.1. The Morgan fingerprint density at radius 1 is 0.531 bits per heavy atom. The number of ether oxygens (including phenoxy) is 4. The predicted molar refractivity (Wildman–Crippen MR) is 452 cm³/mol. The summed E-state index contributed by atoms with van der Waals surface area (Å²) in [7, 11) is 112. The molecular formula is C47H84B37O11S. The Morgan fingerprint density at radius 3 is 1.16 bits per heavy atom. The highest BCUT2D eigenvalue weighted by molar-refractivity contribution is 8.19. The average Bonchev–Trinajstić information content (AvgIpc) is 0.827. The molecule has 1 unspecified atom stereocenters. The number of hydrogen-bond donors (Lipinski definition) is 3. The lowest BCUT2D eigenvalue weighted by Crippen LogP contribution is -2.79. The van der Waals surface area contributed by atoms with Crippen LogP contribution in [0.3, 0.4) is 0 Å². The van der Waals surface area contributed by atoms with Crippen molar-refractivity contribution in [3.63, 3.8) is 0 Å². The van der Waals surface area contributed by atoms with E-state index in [4.69, 9.17) is 188 Å². The molecule has 0 bridgehead atoms. The zero-order valence-corrected chi connectivity index (χ0v) is 60.4. The van der Waals surface area contributed by atoms with Gasteiger partial charge in [0.15, 0.2) is 6.29 Å². The van der Waals surface area contributed by atoms with Crippen LogP contribution in [0.25, 0.3) is 0 Å². The molecule has 1 aliphatic rings. The SMILES string of the molecule is CCOC(=O)C(C)(C)CCCCC/C=C/CCCCO.CCOC(=O)C(C)(C)CCCCC/C=C/CCCCOC1CCCCO1.CO.Cc1ccc(S(=O)(=O)O)cc1.[B]B([B])B(B([B])[B])B(B([B])[B])B(B([B])[B])B([B])[B].[B][B]B([B])B(B(B([B])[B])B([B])[B])B(B([B])[B])B([B])[B]. The second kappa shape index (κ2) is 60.1. The molecule has 0 aromatic heterocycles. The molecule has 1 heterocycles. The lowest BCUT2D eigenvalue weighted by molar-refractivity contribution is -0.162. The first-order chi connectivity index (χ1) is 44.9. The van der Waals surface area contributed by atoms with Crippen molar-refractivity contribution in [3.05, 3.63) is 54.1 Å². The number of aryl methyl sites for hydroxylation is 1. The van der Waals surface area contributed by atoms with Crippen molar-refractivity contribution in [2.45, 2.75) is 182 Å². The highest BCUT2D eigenvalue weighted by Gasteiger charge is 2.44. The van der Waals surface area contributed by atoms with Crippen LogP contribution in [0.15, 0.2) is 53.5 Å². The molecule has 49 heteroatoms. The van der Waals surface area contributed by atoms with E-state index in [9.17, 15) is 18.0 Å². The van der Waals surface area contributed by atoms with Crippen LogP contribution in [0.5, 0.6) is 0 Å². The van der Waals surface area contributed by atoms with Crippen LogP contribution >= 0.6 is 0 Å². The summed E-state index contributed by atoms with van der Waals surface area (Å²) in [5.74, 6) is -0.150. The minimum atomic E-state index is -4.02. The van der Waals surface area contributed by atoms with Crippen LogP contribution < -0.4 is 0 Å². The Hall–Kier alpha value is -0.207. The number of rotatable bonds is 42. The molecule has 2 rings (SSSR count). The molecule has 1 saturated heterocycles. The Bertz CT molecular complexity index is 2140. The van der Waals surface area contributed by atoms with E-state index >= 15 is 0 Å². The minimum absolute atomic E-state index is 0.0492. The van der Waals surface area contributed by atoms with E-state index in [1.54, 1.807) is 12.1 Å². The van der Waals surface area contributed by atoms with E-state index in [2.05, 4.69) is 24.3 Å². The van der Waals surface area contributed by atoms with Crippen molar-refractivity contribution >= 4 is 286 Å². The monoisotopic (exact) mass is 1260 g/mol. The lowest BCUT2D eigenvalue weighted by atomic mass is 8.40. The fourth-order valence-electron chi connectivity index (χ4n) is 10.6. The van der Waals surface area contributed by atoms with Gasteiger partial charge in [0.2, 0.25) is 0 Å². The number of aliphatic hydroxyl groups excluding tert-OH is 2. The molecule has 1 atom stereocenters. The van der Waals surface area contributed by atoms with Gasteiger partial charge in [-0.15, -0.1) is 0 Å². The van der Waals surface area contributed by atoms with Crippen LogP contribution in [-0.2, 0) is 38.7 Å². The van der Waals surface area contributed by atoms with E-state index < -0.39 is 112 Å². The Balaban J connectivity index is -0.000000558. The molecule has 0 spiro atoms. The molecular weight excluding hydrogens is 1170 g/mol. The van der Waals surface area contributed by atoms with E-state index in [1.807, 2.05) is 48.5 Å². The number of unbranched alkanes of at least 4 members (excludes halogenated alkanes) is 10. The number of allylic oxidation sites excluding steroid dienone is 4. The summed E-state index contributed by atoms with van der Waals surface area (Å²) in [4.78, 5) is 23.5. The number of hydrogen-bond acceptors (Lipinski definition) is 10. The maximum Gasteiger partial charge on any atom is 0.311 e. The zero-order chi connectivity index (χ0) is 74.8. The average molecular weight is 1260 g/mol. The van der Waals surface area contributed by atoms with Gasteiger partial charge in [-0.1, -0.05) is 67.7 Å². The van der Waals surface area contributed by atoms with E-state index in [0.717, 1.165) is 109 Å². The normalized spacial score (nSPS) is 12.3. The number of aliphatic hydroxyl groups is 2. The third kappa shape index (κ3) is 48.7. The van der Waals surface area contributed by atoms with Gasteiger partial charge in [-0.25, -0.2) is 0 Å². The minimum Gasteiger partial charge on any atom is -0.466 e. The molecule has 96 heavy (non-hydrogen) atoms. The summed E-state index contributed by atoms with van der Waals surface area (Å²) in [6.45, 7) is 16.3. The van der Waals surface area contributed by atoms with Crippen molar-refractivity contribution in [3.8, 4) is 0 Å². The number of carbonyl (C=O) groups excluding carboxylic acids is 2. The maximum atomic E-state index is 11.8. The fourth-order valence-corrected chi connectivity index (χ4v) is 11.1. The number of esters is 2. The zero-order valence-electron chi connectivity index (χ0n) is 59.5. The van der Waals surface area contributed by atoms with Crippen LogP contribution in [0.1, 0.15) is 169 Å². The molecule has 1 aromatic carbocycles. The standard InChI is InChI=1S/C22H40O4.C17H32O3.C7H8O3S.CH4O.B19.B18/c1-4-24-21(23)22(2,3)17-13-10-8-6-5-7-9-11-14-18-25-20-16-12-15-19-26-20;1-4-20-16(19)17(2,3)14-12-10-8-6-5-7-9-11-13-15-18;1-6-2-4-7(5-3-6)11(8,9)10;1-2;1-11-16(10)19(17(12(2)3)13(4)5)18(14(6)7)15(8)9;1-11(2)16(12(3)4)18(15(9)10)17(13(5)6)14(7)8/h5,7,20H,4,6,8-19H2,1-3H3;5,7,18H,4,6,8-15H2,1-3H3;2-5H,1H3,(H,8,9,10);2H,1H3;;/b2*7-5+;;;;. The van der Waals surface area contributed by atoms with Gasteiger partial charge in [0.25, 0.3) is 10.1 Å². The van der Waals surface area contributed by atoms with Crippen LogP contribution in [0.4, 0.5) is 0 Å². The summed E-state index contributed by atoms with van der Waals surface area (Å²) in [5.41, 5.74) is 0.254. The quantitative estimate of drug-likeness (QED) is 0.0199. The highest BCUT2D eigenvalue weighted by Crippen LogP contribution is 2.27. The summed E-state index contributed by atoms with van der Waals surface area (Å²) in [6, 6.07) is 5.99. The second-order valence-electron chi connectivity index (χ2n) is 25.5. The molecule has 1 aliphatic heterocycles. The molecule has 1 fully saturated rings. The van der Waals surface area contributed by atoms with Crippen molar-refractivity contribution in [1.29, 1.82) is 0 Å². The van der Waals surface area contributed by atoms with Gasteiger partial charge in [-0.3, -0.25) is 14.1 Å². The molecule has 0 amide bonds. The van der Waals surface area contributed by atoms with Gasteiger partial charge in [0.1, 0.15) is 0 Å². The van der Waals surface area contributed by atoms with Crippen LogP contribution in [0.2, 0.25) is 0 Å². The van der Waals surface area contributed by atoms with Gasteiger partial charge in [-0.05, 0) is 157 Å². The third-order valence-electron chi connectivity index (χ3n) is 16.1. The van der Waals surface area contributed by atoms with Crippen molar-refractivity contribution in [2.75, 3.05) is 40.1 Å². The van der Waals surface area contributed by atoms with Gasteiger partial charge in [-0.2, -0.15) is 8.42 Å². The summed E-state index contributed by atoms with van der Waals surface area (Å²) >= 11 is 0. The Morgan fingerprint density at radius 2 is 0.865 bits per heavy atom. The highest BCUT2D eigenvalue weighted by atomic mass is 32.2. The molecule has 1 aromatic rings. The summed E-state index contributed by atoms with van der Waals surface area (Å²) < 4.78 is 51.0. The number of carbonyl (C=O) groups is 2. The first-order valence-corrected chi connectivity index (χ1v) is 35.2. The number of benzene rings is 1. The molecule has 41 radical (unpaired) electrons. The van der Waals surface area contributed by atoms with Gasteiger partial charge < -0.3 is 29.2 Å². The van der Waals surface area contributed by atoms with E-state index in [-0.39, 0.29) is 34.0 Å². The molecule has 0 aliphatic carbocycles. The van der Waals surface area contributed by atoms with Gasteiger partial charge in [0, 0.05) is 291 Å². The third-order valence-corrected chi connectivity index (χ3v) is 17.0. The Kier molecular flexibility index (Phi) is 64.0. The molecule has 0 saturated carbocycles. The molecule has 455 valence electrons. The smallest absolute Gasteiger partial charge is 0.311 e. The van der Waals surface area contributed by atoms with Gasteiger partial charge >= 0.3 is 11.9 Å². The lowest BCUT2D eigenvalue weighted by Gasteiger charge is -2.41. The van der Waals surface area contributed by atoms with E-state index in [0.29, 0.717) is 19.8 Å². The Labute approximate surface area is 620 Å². The first-order valence-electron chi connectivity index (χ1n) is 33.7. The molecule has 11 nitrogen and oxygen atoms in total. The maximum absolute atomic E-state index is 11.8. The van der Waals surface area contributed by atoms with Crippen molar-refractivity contribution in [1.82, 2.24) is 0 Å². The van der Waals surface area contributed by atoms with Crippen molar-refractivity contribution in [2.24, 2.45) is 10.8 Å². The van der Waals surface area contributed by atoms with Crippen LogP contribution in [-0.4, -0.2) is 346 Å². The fraction of sp³-hybridized carbons (Fsp3) is 0.745. The second-order valence-corrected chi connectivity index (χ2v) is 26.9. The molecule has 3 N–H and O–H groups in total.